The van der Waals surface area contributed by atoms with E-state index in [0.717, 1.165) is 35.7 Å². The Balaban J connectivity index is 2.27. The van der Waals surface area contributed by atoms with Crippen molar-refractivity contribution in [2.75, 3.05) is 6.54 Å². The predicted octanol–water partition coefficient (Wildman–Crippen LogP) is 5.35. The molecule has 1 unspecified atom stereocenters. The van der Waals surface area contributed by atoms with E-state index in [1.165, 1.54) is 4.88 Å². The fourth-order valence-corrected chi connectivity index (χ4v) is 3.62. The molecule has 0 aliphatic heterocycles. The number of thiazole rings is 1. The molecule has 0 spiro atoms. The van der Waals surface area contributed by atoms with Crippen LogP contribution in [0.1, 0.15) is 40.5 Å². The minimum Gasteiger partial charge on any atom is -0.310 e. The van der Waals surface area contributed by atoms with Gasteiger partial charge in [-0.15, -0.1) is 11.3 Å². The van der Waals surface area contributed by atoms with Crippen LogP contribution < -0.4 is 5.32 Å². The molecule has 1 heterocycles. The van der Waals surface area contributed by atoms with Gasteiger partial charge < -0.3 is 5.32 Å². The first-order valence-corrected chi connectivity index (χ1v) is 8.70. The highest BCUT2D eigenvalue weighted by atomic mass is 35.5. The van der Waals surface area contributed by atoms with Crippen LogP contribution in [0.3, 0.4) is 0 Å². The van der Waals surface area contributed by atoms with Crippen LogP contribution in [0.2, 0.25) is 10.0 Å². The van der Waals surface area contributed by atoms with Crippen molar-refractivity contribution in [1.82, 2.24) is 10.3 Å². The summed E-state index contributed by atoms with van der Waals surface area (Å²) in [5, 5.41) is 5.93. The van der Waals surface area contributed by atoms with Gasteiger partial charge in [0.1, 0.15) is 0 Å². The van der Waals surface area contributed by atoms with Crippen molar-refractivity contribution in [2.45, 2.75) is 39.7 Å². The second-order valence-corrected chi connectivity index (χ2v) is 7.18. The summed E-state index contributed by atoms with van der Waals surface area (Å²) in [6, 6.07) is 5.94. The van der Waals surface area contributed by atoms with Crippen LogP contribution in [0.4, 0.5) is 0 Å². The van der Waals surface area contributed by atoms with E-state index in [1.54, 1.807) is 11.3 Å². The third kappa shape index (κ3) is 4.19. The van der Waals surface area contributed by atoms with Crippen LogP contribution in [-0.2, 0) is 6.42 Å². The molecule has 1 aromatic heterocycles. The number of aromatic nitrogens is 1. The molecule has 114 valence electrons. The second-order valence-electron chi connectivity index (χ2n) is 5.10. The molecule has 0 saturated carbocycles. The van der Waals surface area contributed by atoms with E-state index < -0.39 is 0 Å². The SMILES string of the molecule is CCCNC(Cc1nc(C)c(C)s1)c1cccc(Cl)c1Cl. The van der Waals surface area contributed by atoms with Crippen molar-refractivity contribution in [3.05, 3.63) is 49.4 Å². The summed E-state index contributed by atoms with van der Waals surface area (Å²) in [6.45, 7) is 7.26. The van der Waals surface area contributed by atoms with E-state index in [0.29, 0.717) is 10.0 Å². The highest BCUT2D eigenvalue weighted by Gasteiger charge is 2.18. The minimum atomic E-state index is 0.140. The Bertz CT molecular complexity index is 591. The molecule has 21 heavy (non-hydrogen) atoms. The fourth-order valence-electron chi connectivity index (χ4n) is 2.20. The molecule has 1 atom stereocenters. The topological polar surface area (TPSA) is 24.9 Å². The van der Waals surface area contributed by atoms with Crippen molar-refractivity contribution in [3.8, 4) is 0 Å². The van der Waals surface area contributed by atoms with Crippen molar-refractivity contribution in [2.24, 2.45) is 0 Å². The molecule has 0 aliphatic rings. The molecule has 0 saturated heterocycles. The molecule has 2 aromatic rings. The summed E-state index contributed by atoms with van der Waals surface area (Å²) in [5.74, 6) is 0. The van der Waals surface area contributed by atoms with Crippen molar-refractivity contribution in [1.29, 1.82) is 0 Å². The Hall–Kier alpha value is -0.610. The van der Waals surface area contributed by atoms with Gasteiger partial charge in [0.05, 0.1) is 20.7 Å². The standard InChI is InChI=1S/C16H20Cl2N2S/c1-4-8-19-14(9-15-20-10(2)11(3)21-15)12-6-5-7-13(17)16(12)18/h5-7,14,19H,4,8-9H2,1-3H3. The zero-order chi connectivity index (χ0) is 15.4. The summed E-state index contributed by atoms with van der Waals surface area (Å²) < 4.78 is 0. The van der Waals surface area contributed by atoms with Gasteiger partial charge in [-0.05, 0) is 38.4 Å². The van der Waals surface area contributed by atoms with E-state index >= 15 is 0 Å². The molecule has 2 nitrogen and oxygen atoms in total. The van der Waals surface area contributed by atoms with Gasteiger partial charge in [0.15, 0.2) is 0 Å². The van der Waals surface area contributed by atoms with Crippen molar-refractivity contribution in [3.63, 3.8) is 0 Å². The molecule has 0 fully saturated rings. The Morgan fingerprint density at radius 3 is 2.67 bits per heavy atom. The maximum Gasteiger partial charge on any atom is 0.0949 e. The molecular formula is C16H20Cl2N2S. The average molecular weight is 343 g/mol. The number of hydrogen-bond donors (Lipinski definition) is 1. The Kier molecular flexibility index (Phi) is 6.06. The lowest BCUT2D eigenvalue weighted by molar-refractivity contribution is 0.528. The highest BCUT2D eigenvalue weighted by molar-refractivity contribution is 7.11. The molecule has 1 aromatic carbocycles. The van der Waals surface area contributed by atoms with Crippen LogP contribution >= 0.6 is 34.5 Å². The number of nitrogens with zero attached hydrogens (tertiary/aromatic N) is 1. The summed E-state index contributed by atoms with van der Waals surface area (Å²) in [4.78, 5) is 5.91. The third-order valence-corrected chi connectivity index (χ3v) is 5.38. The predicted molar refractivity (Wildman–Crippen MR) is 92.8 cm³/mol. The molecule has 0 bridgehead atoms. The molecule has 0 amide bonds. The Morgan fingerprint density at radius 2 is 2.05 bits per heavy atom. The number of hydrogen-bond acceptors (Lipinski definition) is 3. The van der Waals surface area contributed by atoms with Gasteiger partial charge in [-0.2, -0.15) is 0 Å². The maximum absolute atomic E-state index is 6.38. The smallest absolute Gasteiger partial charge is 0.0949 e. The molecule has 1 N–H and O–H groups in total. The first kappa shape index (κ1) is 16.8. The van der Waals surface area contributed by atoms with Crippen LogP contribution in [0.25, 0.3) is 0 Å². The summed E-state index contributed by atoms with van der Waals surface area (Å²) in [6.07, 6.45) is 1.91. The van der Waals surface area contributed by atoms with Crippen molar-refractivity contribution >= 4 is 34.5 Å². The molecule has 2 rings (SSSR count). The Labute approximate surface area is 140 Å². The third-order valence-electron chi connectivity index (χ3n) is 3.45. The molecule has 0 aliphatic carbocycles. The quantitative estimate of drug-likeness (QED) is 0.765. The highest BCUT2D eigenvalue weighted by Crippen LogP contribution is 2.32. The Morgan fingerprint density at radius 1 is 1.29 bits per heavy atom. The minimum absolute atomic E-state index is 0.140. The summed E-state index contributed by atoms with van der Waals surface area (Å²) >= 11 is 14.3. The zero-order valence-electron chi connectivity index (χ0n) is 12.5. The molecule has 5 heteroatoms. The number of rotatable bonds is 6. The van der Waals surface area contributed by atoms with E-state index in [2.05, 4.69) is 31.1 Å². The first-order valence-electron chi connectivity index (χ1n) is 7.13. The van der Waals surface area contributed by atoms with E-state index in [-0.39, 0.29) is 6.04 Å². The number of halogens is 2. The maximum atomic E-state index is 6.38. The normalized spacial score (nSPS) is 12.6. The average Bonchev–Trinajstić information content (AvgIpc) is 2.76. The van der Waals surface area contributed by atoms with Gasteiger partial charge in [-0.25, -0.2) is 4.98 Å². The summed E-state index contributed by atoms with van der Waals surface area (Å²) in [5.41, 5.74) is 2.16. The van der Waals surface area contributed by atoms with Gasteiger partial charge in [-0.1, -0.05) is 42.3 Å². The van der Waals surface area contributed by atoms with Gasteiger partial charge in [-0.3, -0.25) is 0 Å². The molecule has 0 radical (unpaired) electrons. The molecular weight excluding hydrogens is 323 g/mol. The van der Waals surface area contributed by atoms with E-state index in [1.807, 2.05) is 18.2 Å². The number of aryl methyl sites for hydroxylation is 2. The van der Waals surface area contributed by atoms with Crippen LogP contribution in [-0.4, -0.2) is 11.5 Å². The van der Waals surface area contributed by atoms with E-state index in [9.17, 15) is 0 Å². The van der Waals surface area contributed by atoms with Crippen LogP contribution in [0.5, 0.6) is 0 Å². The van der Waals surface area contributed by atoms with Crippen LogP contribution in [0.15, 0.2) is 18.2 Å². The van der Waals surface area contributed by atoms with Crippen molar-refractivity contribution < 1.29 is 0 Å². The van der Waals surface area contributed by atoms with E-state index in [4.69, 9.17) is 23.2 Å². The number of benzene rings is 1. The van der Waals surface area contributed by atoms with Gasteiger partial charge in [0.25, 0.3) is 0 Å². The lowest BCUT2D eigenvalue weighted by Gasteiger charge is -2.19. The van der Waals surface area contributed by atoms with Gasteiger partial charge in [0, 0.05) is 17.3 Å². The number of nitrogens with one attached hydrogen (secondary N) is 1. The monoisotopic (exact) mass is 342 g/mol. The first-order chi connectivity index (χ1) is 10.0. The largest absolute Gasteiger partial charge is 0.310 e. The lowest BCUT2D eigenvalue weighted by Crippen LogP contribution is -2.24. The van der Waals surface area contributed by atoms with Gasteiger partial charge in [0.2, 0.25) is 0 Å². The lowest BCUT2D eigenvalue weighted by atomic mass is 10.0. The second kappa shape index (κ2) is 7.59. The van der Waals surface area contributed by atoms with Crippen LogP contribution in [0, 0.1) is 13.8 Å². The summed E-state index contributed by atoms with van der Waals surface area (Å²) in [7, 11) is 0. The van der Waals surface area contributed by atoms with Gasteiger partial charge >= 0.3 is 0 Å². The fraction of sp³-hybridized carbons (Fsp3) is 0.438. The zero-order valence-corrected chi connectivity index (χ0v) is 14.9.